The van der Waals surface area contributed by atoms with E-state index in [2.05, 4.69) is 21.2 Å². The maximum absolute atomic E-state index is 11.7. The zero-order valence-electron chi connectivity index (χ0n) is 8.48. The summed E-state index contributed by atoms with van der Waals surface area (Å²) < 4.78 is 0.605. The maximum Gasteiger partial charge on any atom is 0.252 e. The molecule has 0 bridgehead atoms. The molecule has 5 N–H and O–H groups in total. The minimum Gasteiger partial charge on any atom is -0.399 e. The number of nitrogen functional groups attached to an aromatic ring is 1. The number of nitrogens with two attached hydrogens (primary N) is 1. The van der Waals surface area contributed by atoms with Gasteiger partial charge in [-0.15, -0.1) is 0 Å². The van der Waals surface area contributed by atoms with E-state index in [1.54, 1.807) is 12.1 Å². The van der Waals surface area contributed by atoms with Gasteiger partial charge in [-0.3, -0.25) is 4.79 Å². The van der Waals surface area contributed by atoms with Crippen LogP contribution in [0.25, 0.3) is 0 Å². The molecule has 16 heavy (non-hydrogen) atoms. The van der Waals surface area contributed by atoms with E-state index in [0.29, 0.717) is 15.7 Å². The molecule has 0 heterocycles. The third kappa shape index (κ3) is 3.19. The predicted octanol–water partition coefficient (Wildman–Crippen LogP) is 0.114. The first-order valence-corrected chi connectivity index (χ1v) is 5.45. The van der Waals surface area contributed by atoms with Crippen LogP contribution in [0.3, 0.4) is 0 Å². The summed E-state index contributed by atoms with van der Waals surface area (Å²) in [7, 11) is 0. The van der Waals surface area contributed by atoms with E-state index in [0.717, 1.165) is 0 Å². The van der Waals surface area contributed by atoms with Crippen LogP contribution in [0.15, 0.2) is 22.7 Å². The average molecular weight is 289 g/mol. The summed E-state index contributed by atoms with van der Waals surface area (Å²) in [5.74, 6) is -0.396. The van der Waals surface area contributed by atoms with Crippen molar-refractivity contribution in [3.8, 4) is 0 Å². The SMILES string of the molecule is Nc1ccc(Br)c(C(=O)NC(CO)CO)c1. The van der Waals surface area contributed by atoms with Crippen molar-refractivity contribution in [3.05, 3.63) is 28.2 Å². The highest BCUT2D eigenvalue weighted by Crippen LogP contribution is 2.19. The third-order valence-corrected chi connectivity index (χ3v) is 2.70. The summed E-state index contributed by atoms with van der Waals surface area (Å²) in [5.41, 5.74) is 6.40. The lowest BCUT2D eigenvalue weighted by Gasteiger charge is -2.14. The first-order valence-electron chi connectivity index (χ1n) is 4.66. The Bertz CT molecular complexity index is 380. The van der Waals surface area contributed by atoms with Crippen molar-refractivity contribution < 1.29 is 15.0 Å². The molecule has 1 rings (SSSR count). The van der Waals surface area contributed by atoms with Crippen LogP contribution in [0.5, 0.6) is 0 Å². The molecule has 6 heteroatoms. The average Bonchev–Trinajstić information content (AvgIpc) is 2.28. The fourth-order valence-electron chi connectivity index (χ4n) is 1.13. The molecular weight excluding hydrogens is 276 g/mol. The van der Waals surface area contributed by atoms with E-state index in [1.807, 2.05) is 0 Å². The molecule has 5 nitrogen and oxygen atoms in total. The van der Waals surface area contributed by atoms with Crippen LogP contribution >= 0.6 is 15.9 Å². The quantitative estimate of drug-likeness (QED) is 0.592. The van der Waals surface area contributed by atoms with Crippen LogP contribution in [-0.2, 0) is 0 Å². The topological polar surface area (TPSA) is 95.6 Å². The molecule has 1 aromatic rings. The van der Waals surface area contributed by atoms with Crippen molar-refractivity contribution in [1.82, 2.24) is 5.32 Å². The number of anilines is 1. The Labute approximate surface area is 101 Å². The van der Waals surface area contributed by atoms with Crippen LogP contribution in [0, 0.1) is 0 Å². The van der Waals surface area contributed by atoms with Gasteiger partial charge in [0, 0.05) is 10.2 Å². The highest BCUT2D eigenvalue weighted by Gasteiger charge is 2.14. The Morgan fingerprint density at radius 3 is 2.62 bits per heavy atom. The lowest BCUT2D eigenvalue weighted by atomic mass is 10.2. The fourth-order valence-corrected chi connectivity index (χ4v) is 1.56. The summed E-state index contributed by atoms with van der Waals surface area (Å²) in [5, 5.41) is 20.1. The van der Waals surface area contributed by atoms with E-state index >= 15 is 0 Å². The largest absolute Gasteiger partial charge is 0.399 e. The highest BCUT2D eigenvalue weighted by molar-refractivity contribution is 9.10. The highest BCUT2D eigenvalue weighted by atomic mass is 79.9. The molecule has 0 aliphatic heterocycles. The molecule has 88 valence electrons. The summed E-state index contributed by atoms with van der Waals surface area (Å²) in [6.07, 6.45) is 0. The Hall–Kier alpha value is -1.11. The van der Waals surface area contributed by atoms with Gasteiger partial charge in [0.2, 0.25) is 0 Å². The molecule has 0 aliphatic rings. The van der Waals surface area contributed by atoms with Gasteiger partial charge in [0.1, 0.15) is 0 Å². The number of amides is 1. The molecular formula is C10H13BrN2O3. The first-order chi connectivity index (χ1) is 7.58. The van der Waals surface area contributed by atoms with Crippen LogP contribution < -0.4 is 11.1 Å². The standard InChI is InChI=1S/C10H13BrN2O3/c11-9-2-1-6(12)3-8(9)10(16)13-7(4-14)5-15/h1-3,7,14-15H,4-5,12H2,(H,13,16). The lowest BCUT2D eigenvalue weighted by Crippen LogP contribution is -2.40. The van der Waals surface area contributed by atoms with E-state index < -0.39 is 11.9 Å². The number of halogens is 1. The minimum atomic E-state index is -0.666. The summed E-state index contributed by atoms with van der Waals surface area (Å²) in [6, 6.07) is 4.18. The Morgan fingerprint density at radius 1 is 1.44 bits per heavy atom. The van der Waals surface area contributed by atoms with E-state index in [-0.39, 0.29) is 13.2 Å². The number of aliphatic hydroxyl groups excluding tert-OH is 2. The number of benzene rings is 1. The minimum absolute atomic E-state index is 0.317. The molecule has 0 spiro atoms. The fraction of sp³-hybridized carbons (Fsp3) is 0.300. The van der Waals surface area contributed by atoms with E-state index in [9.17, 15) is 4.79 Å². The van der Waals surface area contributed by atoms with Gasteiger partial charge in [0.15, 0.2) is 0 Å². The summed E-state index contributed by atoms with van der Waals surface area (Å²) in [4.78, 5) is 11.7. The van der Waals surface area contributed by atoms with Crippen molar-refractivity contribution in [1.29, 1.82) is 0 Å². The smallest absolute Gasteiger partial charge is 0.252 e. The number of aliphatic hydroxyl groups is 2. The van der Waals surface area contributed by atoms with Crippen molar-refractivity contribution >= 4 is 27.5 Å². The van der Waals surface area contributed by atoms with Crippen LogP contribution in [0.2, 0.25) is 0 Å². The van der Waals surface area contributed by atoms with Gasteiger partial charge in [-0.1, -0.05) is 0 Å². The molecule has 0 saturated heterocycles. The second-order valence-corrected chi connectivity index (χ2v) is 4.13. The second-order valence-electron chi connectivity index (χ2n) is 3.27. The van der Waals surface area contributed by atoms with Gasteiger partial charge in [-0.05, 0) is 34.1 Å². The Balaban J connectivity index is 2.83. The number of carbonyl (C=O) groups excluding carboxylic acids is 1. The van der Waals surface area contributed by atoms with Crippen molar-refractivity contribution in [2.75, 3.05) is 18.9 Å². The number of rotatable bonds is 4. The van der Waals surface area contributed by atoms with Crippen molar-refractivity contribution in [2.45, 2.75) is 6.04 Å². The normalized spacial score (nSPS) is 10.5. The number of hydrogen-bond acceptors (Lipinski definition) is 4. The van der Waals surface area contributed by atoms with Crippen LogP contribution in [-0.4, -0.2) is 35.4 Å². The number of carbonyl (C=O) groups is 1. The Kier molecular flexibility index (Phi) is 4.72. The van der Waals surface area contributed by atoms with Gasteiger partial charge in [0.25, 0.3) is 5.91 Å². The molecule has 0 atom stereocenters. The van der Waals surface area contributed by atoms with Gasteiger partial charge < -0.3 is 21.3 Å². The zero-order chi connectivity index (χ0) is 12.1. The van der Waals surface area contributed by atoms with Gasteiger partial charge in [0.05, 0.1) is 24.8 Å². The summed E-state index contributed by atoms with van der Waals surface area (Å²) in [6.45, 7) is -0.635. The van der Waals surface area contributed by atoms with Gasteiger partial charge >= 0.3 is 0 Å². The molecule has 0 aliphatic carbocycles. The van der Waals surface area contributed by atoms with E-state index in [4.69, 9.17) is 15.9 Å². The molecule has 1 aromatic carbocycles. The molecule has 0 aromatic heterocycles. The third-order valence-electron chi connectivity index (χ3n) is 2.01. The molecule has 0 radical (unpaired) electrons. The molecule has 0 fully saturated rings. The van der Waals surface area contributed by atoms with Crippen molar-refractivity contribution in [2.24, 2.45) is 0 Å². The number of nitrogens with one attached hydrogen (secondary N) is 1. The van der Waals surface area contributed by atoms with E-state index in [1.165, 1.54) is 6.07 Å². The summed E-state index contributed by atoms with van der Waals surface area (Å²) >= 11 is 3.22. The lowest BCUT2D eigenvalue weighted by molar-refractivity contribution is 0.0878. The van der Waals surface area contributed by atoms with Crippen LogP contribution in [0.1, 0.15) is 10.4 Å². The maximum atomic E-state index is 11.7. The van der Waals surface area contributed by atoms with Gasteiger partial charge in [-0.2, -0.15) is 0 Å². The van der Waals surface area contributed by atoms with Crippen LogP contribution in [0.4, 0.5) is 5.69 Å². The molecule has 0 unspecified atom stereocenters. The van der Waals surface area contributed by atoms with Gasteiger partial charge in [-0.25, -0.2) is 0 Å². The monoisotopic (exact) mass is 288 g/mol. The molecule has 1 amide bonds. The number of hydrogen-bond donors (Lipinski definition) is 4. The predicted molar refractivity (Wildman–Crippen MR) is 64.0 cm³/mol. The van der Waals surface area contributed by atoms with Crippen molar-refractivity contribution in [3.63, 3.8) is 0 Å². The first kappa shape index (κ1) is 13.0. The Morgan fingerprint density at radius 2 is 2.06 bits per heavy atom. The second kappa shape index (κ2) is 5.83. The zero-order valence-corrected chi connectivity index (χ0v) is 10.1. The molecule has 0 saturated carbocycles.